The maximum atomic E-state index is 13.3. The van der Waals surface area contributed by atoms with Gasteiger partial charge in [0.15, 0.2) is 11.0 Å². The lowest BCUT2D eigenvalue weighted by molar-refractivity contribution is 0.628. The summed E-state index contributed by atoms with van der Waals surface area (Å²) in [5, 5.41) is 0.442. The van der Waals surface area contributed by atoms with Crippen LogP contribution in [-0.2, 0) is 7.05 Å². The lowest BCUT2D eigenvalue weighted by Gasteiger charge is -2.02. The van der Waals surface area contributed by atoms with E-state index in [2.05, 4.69) is 9.97 Å². The van der Waals surface area contributed by atoms with Gasteiger partial charge < -0.3 is 10.3 Å². The van der Waals surface area contributed by atoms with Crippen molar-refractivity contribution in [2.75, 3.05) is 5.73 Å². The minimum Gasteiger partial charge on any atom is -0.375 e. The molecule has 2 heterocycles. The molecule has 0 spiro atoms. The Labute approximate surface area is 113 Å². The summed E-state index contributed by atoms with van der Waals surface area (Å²) in [7, 11) is 1.88. The summed E-state index contributed by atoms with van der Waals surface area (Å²) in [5.74, 6) is 0.433. The predicted molar refractivity (Wildman–Crippen MR) is 74.1 cm³/mol. The number of aromatic nitrogens is 3. The van der Waals surface area contributed by atoms with Crippen LogP contribution in [0.5, 0.6) is 0 Å². The molecule has 2 aromatic heterocycles. The summed E-state index contributed by atoms with van der Waals surface area (Å²) in [6.45, 7) is 0. The number of anilines is 1. The molecule has 3 rings (SSSR count). The number of nitrogens with two attached hydrogens (primary N) is 1. The number of nitrogens with zero attached hydrogens (tertiary/aromatic N) is 3. The molecule has 1 aromatic carbocycles. The molecule has 96 valence electrons. The zero-order chi connectivity index (χ0) is 13.4. The van der Waals surface area contributed by atoms with Gasteiger partial charge in [0.25, 0.3) is 0 Å². The van der Waals surface area contributed by atoms with Crippen molar-refractivity contribution in [3.8, 4) is 22.0 Å². The average molecular weight is 274 g/mol. The lowest BCUT2D eigenvalue weighted by atomic mass is 10.1. The topological polar surface area (TPSA) is 56.7 Å². The number of aryl methyl sites for hydroxylation is 1. The minimum atomic E-state index is -0.282. The molecule has 0 atom stereocenters. The van der Waals surface area contributed by atoms with Gasteiger partial charge in [-0.3, -0.25) is 0 Å². The second-order valence-corrected chi connectivity index (χ2v) is 5.13. The van der Waals surface area contributed by atoms with Gasteiger partial charge >= 0.3 is 0 Å². The molecule has 2 N–H and O–H groups in total. The van der Waals surface area contributed by atoms with Crippen LogP contribution in [0.1, 0.15) is 0 Å². The standard InChI is InChI=1S/C13H11FN4S/c1-18-6-5-16-12(18)10-11(19-13(15)17-10)8-3-2-4-9(14)7-8/h2-7H,1H3,(H2,15,17). The zero-order valence-corrected chi connectivity index (χ0v) is 11.0. The van der Waals surface area contributed by atoms with Gasteiger partial charge in [-0.15, -0.1) is 0 Å². The van der Waals surface area contributed by atoms with Crippen LogP contribution in [0.3, 0.4) is 0 Å². The van der Waals surface area contributed by atoms with Gasteiger partial charge in [0.05, 0.1) is 4.88 Å². The van der Waals surface area contributed by atoms with Crippen molar-refractivity contribution in [2.24, 2.45) is 7.05 Å². The first-order valence-corrected chi connectivity index (χ1v) is 6.47. The molecule has 0 fully saturated rings. The van der Waals surface area contributed by atoms with Crippen molar-refractivity contribution < 1.29 is 4.39 Å². The van der Waals surface area contributed by atoms with Crippen molar-refractivity contribution in [1.82, 2.24) is 14.5 Å². The Kier molecular flexibility index (Phi) is 2.79. The highest BCUT2D eigenvalue weighted by Gasteiger charge is 2.17. The van der Waals surface area contributed by atoms with Gasteiger partial charge in [-0.25, -0.2) is 14.4 Å². The summed E-state index contributed by atoms with van der Waals surface area (Å²) < 4.78 is 15.2. The van der Waals surface area contributed by atoms with Crippen LogP contribution in [0.25, 0.3) is 22.0 Å². The summed E-state index contributed by atoms with van der Waals surface area (Å²) >= 11 is 1.33. The van der Waals surface area contributed by atoms with Gasteiger partial charge in [-0.2, -0.15) is 0 Å². The summed E-state index contributed by atoms with van der Waals surface area (Å²) in [5.41, 5.74) is 7.23. The highest BCUT2D eigenvalue weighted by Crippen LogP contribution is 2.37. The van der Waals surface area contributed by atoms with E-state index in [4.69, 9.17) is 5.73 Å². The van der Waals surface area contributed by atoms with E-state index in [0.29, 0.717) is 16.6 Å². The van der Waals surface area contributed by atoms with Gasteiger partial charge in [-0.05, 0) is 17.7 Å². The summed E-state index contributed by atoms with van der Waals surface area (Å²) in [6.07, 6.45) is 3.53. The maximum Gasteiger partial charge on any atom is 0.181 e. The Morgan fingerprint density at radius 1 is 1.37 bits per heavy atom. The molecule has 0 amide bonds. The van der Waals surface area contributed by atoms with Crippen LogP contribution >= 0.6 is 11.3 Å². The SMILES string of the molecule is Cn1ccnc1-c1nc(N)sc1-c1cccc(F)c1. The first kappa shape index (κ1) is 11.9. The van der Waals surface area contributed by atoms with Crippen molar-refractivity contribution >= 4 is 16.5 Å². The fourth-order valence-electron chi connectivity index (χ4n) is 1.91. The molecule has 4 nitrogen and oxygen atoms in total. The Balaban J connectivity index is 2.20. The van der Waals surface area contributed by atoms with Crippen molar-refractivity contribution in [2.45, 2.75) is 0 Å². The first-order valence-electron chi connectivity index (χ1n) is 5.65. The van der Waals surface area contributed by atoms with E-state index in [1.807, 2.05) is 23.9 Å². The van der Waals surface area contributed by atoms with Gasteiger partial charge in [0.1, 0.15) is 11.5 Å². The highest BCUT2D eigenvalue weighted by atomic mass is 32.1. The Morgan fingerprint density at radius 3 is 2.89 bits per heavy atom. The van der Waals surface area contributed by atoms with Crippen LogP contribution in [0.4, 0.5) is 9.52 Å². The smallest absolute Gasteiger partial charge is 0.181 e. The van der Waals surface area contributed by atoms with E-state index in [1.165, 1.54) is 23.5 Å². The third kappa shape index (κ3) is 2.10. The number of imidazole rings is 1. The molecule has 0 saturated carbocycles. The van der Waals surface area contributed by atoms with Gasteiger partial charge in [0, 0.05) is 19.4 Å². The van der Waals surface area contributed by atoms with Gasteiger partial charge in [-0.1, -0.05) is 23.5 Å². The molecule has 0 unspecified atom stereocenters. The Bertz CT molecular complexity index is 732. The van der Waals surface area contributed by atoms with Crippen molar-refractivity contribution in [3.63, 3.8) is 0 Å². The number of benzene rings is 1. The first-order chi connectivity index (χ1) is 9.15. The van der Waals surface area contributed by atoms with Gasteiger partial charge in [0.2, 0.25) is 0 Å². The van der Waals surface area contributed by atoms with E-state index in [0.717, 1.165) is 10.4 Å². The fraction of sp³-hybridized carbons (Fsp3) is 0.0769. The fourth-order valence-corrected chi connectivity index (χ4v) is 2.73. The summed E-state index contributed by atoms with van der Waals surface area (Å²) in [6, 6.07) is 6.39. The Hall–Kier alpha value is -2.21. The van der Waals surface area contributed by atoms with E-state index in [1.54, 1.807) is 12.3 Å². The number of nitrogen functional groups attached to an aromatic ring is 1. The highest BCUT2D eigenvalue weighted by molar-refractivity contribution is 7.19. The van der Waals surface area contributed by atoms with Crippen LogP contribution < -0.4 is 5.73 Å². The second kappa shape index (κ2) is 4.47. The molecule has 3 aromatic rings. The largest absolute Gasteiger partial charge is 0.375 e. The molecule has 0 aliphatic heterocycles. The Morgan fingerprint density at radius 2 is 2.21 bits per heavy atom. The maximum absolute atomic E-state index is 13.3. The molecule has 0 saturated heterocycles. The monoisotopic (exact) mass is 274 g/mol. The quantitative estimate of drug-likeness (QED) is 0.781. The predicted octanol–water partition coefficient (Wildman–Crippen LogP) is 2.93. The minimum absolute atomic E-state index is 0.282. The van der Waals surface area contributed by atoms with E-state index < -0.39 is 0 Å². The molecule has 0 bridgehead atoms. The number of halogens is 1. The number of hydrogen-bond acceptors (Lipinski definition) is 4. The van der Waals surface area contributed by atoms with Crippen LogP contribution in [0, 0.1) is 5.82 Å². The van der Waals surface area contributed by atoms with E-state index >= 15 is 0 Å². The number of thiazole rings is 1. The molecule has 0 radical (unpaired) electrons. The lowest BCUT2D eigenvalue weighted by Crippen LogP contribution is -1.93. The summed E-state index contributed by atoms with van der Waals surface area (Å²) in [4.78, 5) is 9.40. The van der Waals surface area contributed by atoms with Crippen molar-refractivity contribution in [1.29, 1.82) is 0 Å². The van der Waals surface area contributed by atoms with Crippen LogP contribution in [0.2, 0.25) is 0 Å². The molecule has 0 aliphatic carbocycles. The van der Waals surface area contributed by atoms with E-state index in [9.17, 15) is 4.39 Å². The van der Waals surface area contributed by atoms with Crippen molar-refractivity contribution in [3.05, 3.63) is 42.5 Å². The van der Waals surface area contributed by atoms with Crippen LogP contribution in [0.15, 0.2) is 36.7 Å². The number of hydrogen-bond donors (Lipinski definition) is 1. The second-order valence-electron chi connectivity index (χ2n) is 4.10. The third-order valence-electron chi connectivity index (χ3n) is 2.76. The average Bonchev–Trinajstić information content (AvgIpc) is 2.95. The third-order valence-corrected chi connectivity index (χ3v) is 3.70. The molecular weight excluding hydrogens is 263 g/mol. The molecule has 0 aliphatic rings. The van der Waals surface area contributed by atoms with E-state index in [-0.39, 0.29) is 5.82 Å². The normalized spacial score (nSPS) is 10.8. The molecule has 19 heavy (non-hydrogen) atoms. The molecule has 6 heteroatoms. The molecular formula is C13H11FN4S. The number of rotatable bonds is 2. The van der Waals surface area contributed by atoms with Crippen LogP contribution in [-0.4, -0.2) is 14.5 Å². The zero-order valence-electron chi connectivity index (χ0n) is 10.2.